The van der Waals surface area contributed by atoms with E-state index in [4.69, 9.17) is 10.4 Å². The molecule has 8 nitrogen and oxygen atoms in total. The number of hydrogen-bond donors (Lipinski definition) is 2. The van der Waals surface area contributed by atoms with Gasteiger partial charge in [-0.05, 0) is 24.3 Å². The molecule has 0 heterocycles. The minimum atomic E-state index is -3.83. The second-order valence-electron chi connectivity index (χ2n) is 3.81. The summed E-state index contributed by atoms with van der Waals surface area (Å²) in [5.74, 6) is -2.38. The molecule has 0 saturated carbocycles. The van der Waals surface area contributed by atoms with Gasteiger partial charge in [-0.3, -0.25) is 4.79 Å². The summed E-state index contributed by atoms with van der Waals surface area (Å²) >= 11 is 0. The van der Waals surface area contributed by atoms with Crippen LogP contribution in [0, 0.1) is 11.3 Å². The number of sulfone groups is 1. The van der Waals surface area contributed by atoms with Gasteiger partial charge in [-0.1, -0.05) is 0 Å². The summed E-state index contributed by atoms with van der Waals surface area (Å²) in [7, 11) is -7.60. The number of benzene rings is 1. The zero-order valence-corrected chi connectivity index (χ0v) is 11.7. The summed E-state index contributed by atoms with van der Waals surface area (Å²) in [5, 5.41) is 15.5. The summed E-state index contributed by atoms with van der Waals surface area (Å²) in [4.78, 5) is 11.3. The van der Waals surface area contributed by atoms with Gasteiger partial charge in [0.05, 0.1) is 11.0 Å². The van der Waals surface area contributed by atoms with Crippen molar-refractivity contribution in [3.63, 3.8) is 0 Å². The summed E-state index contributed by atoms with van der Waals surface area (Å²) in [6, 6.07) is 6.35. The number of carbonyl (C=O) groups is 1. The molecular formula is C10H11N3O5S2. The van der Waals surface area contributed by atoms with Gasteiger partial charge in [-0.15, -0.1) is 0 Å². The number of nitriles is 1. The van der Waals surface area contributed by atoms with Gasteiger partial charge in [0.1, 0.15) is 11.5 Å². The third-order valence-electron chi connectivity index (χ3n) is 2.10. The first-order valence-electron chi connectivity index (χ1n) is 5.14. The highest BCUT2D eigenvalue weighted by Gasteiger charge is 2.16. The Morgan fingerprint density at radius 1 is 1.20 bits per heavy atom. The van der Waals surface area contributed by atoms with Crippen molar-refractivity contribution in [3.05, 3.63) is 24.3 Å². The lowest BCUT2D eigenvalue weighted by Crippen LogP contribution is -2.24. The number of anilines is 1. The van der Waals surface area contributed by atoms with E-state index in [-0.39, 0.29) is 10.6 Å². The van der Waals surface area contributed by atoms with Gasteiger partial charge in [0, 0.05) is 5.69 Å². The predicted molar refractivity (Wildman–Crippen MR) is 70.7 cm³/mol. The molecule has 10 heteroatoms. The Bertz CT molecular complexity index is 745. The molecule has 108 valence electrons. The van der Waals surface area contributed by atoms with Crippen molar-refractivity contribution in [2.45, 2.75) is 4.90 Å². The van der Waals surface area contributed by atoms with Crippen LogP contribution >= 0.6 is 0 Å². The molecule has 0 aromatic heterocycles. The van der Waals surface area contributed by atoms with Crippen LogP contribution < -0.4 is 10.5 Å². The first-order chi connectivity index (χ1) is 9.14. The van der Waals surface area contributed by atoms with E-state index in [2.05, 4.69) is 5.32 Å². The molecule has 0 aliphatic carbocycles. The summed E-state index contributed by atoms with van der Waals surface area (Å²) in [6.45, 7) is 0. The molecule has 1 rings (SSSR count). The minimum absolute atomic E-state index is 0.132. The second kappa shape index (κ2) is 6.00. The molecule has 0 aliphatic rings. The number of hydrogen-bond acceptors (Lipinski definition) is 6. The van der Waals surface area contributed by atoms with Crippen LogP contribution in [0.15, 0.2) is 29.2 Å². The van der Waals surface area contributed by atoms with E-state index in [9.17, 15) is 21.6 Å². The zero-order valence-electron chi connectivity index (χ0n) is 10.1. The number of carbonyl (C=O) groups excluding carboxylic acids is 1. The van der Waals surface area contributed by atoms with Crippen LogP contribution in [0.25, 0.3) is 0 Å². The summed E-state index contributed by atoms with van der Waals surface area (Å²) in [6.07, 6.45) is 0. The summed E-state index contributed by atoms with van der Waals surface area (Å²) < 4.78 is 44.5. The normalized spacial score (nSPS) is 11.6. The maximum atomic E-state index is 11.4. The highest BCUT2D eigenvalue weighted by Crippen LogP contribution is 2.12. The van der Waals surface area contributed by atoms with E-state index >= 15 is 0 Å². The van der Waals surface area contributed by atoms with Crippen LogP contribution in [-0.4, -0.2) is 34.2 Å². The Balaban J connectivity index is 2.76. The quantitative estimate of drug-likeness (QED) is 0.727. The SMILES string of the molecule is N#CCS(=O)(=O)CC(=O)Nc1ccc(S(N)(=O)=O)cc1. The molecule has 0 fully saturated rings. The molecule has 0 bridgehead atoms. The lowest BCUT2D eigenvalue weighted by molar-refractivity contribution is -0.113. The third-order valence-corrected chi connectivity index (χ3v) is 4.30. The molecule has 0 spiro atoms. The first kappa shape index (κ1) is 16.1. The average Bonchev–Trinajstić information content (AvgIpc) is 2.27. The molecular weight excluding hydrogens is 306 g/mol. The number of nitrogens with two attached hydrogens (primary N) is 1. The van der Waals surface area contributed by atoms with E-state index in [0.717, 1.165) is 0 Å². The van der Waals surface area contributed by atoms with Crippen molar-refractivity contribution in [2.24, 2.45) is 5.14 Å². The molecule has 20 heavy (non-hydrogen) atoms. The van der Waals surface area contributed by atoms with E-state index in [1.54, 1.807) is 0 Å². The van der Waals surface area contributed by atoms with Gasteiger partial charge in [0.25, 0.3) is 0 Å². The number of nitrogens with one attached hydrogen (secondary N) is 1. The highest BCUT2D eigenvalue weighted by molar-refractivity contribution is 7.92. The molecule has 0 atom stereocenters. The van der Waals surface area contributed by atoms with Gasteiger partial charge >= 0.3 is 0 Å². The van der Waals surface area contributed by atoms with Crippen molar-refractivity contribution < 1.29 is 21.6 Å². The number of sulfonamides is 1. The molecule has 1 aromatic rings. The molecule has 1 aromatic carbocycles. The number of amides is 1. The molecule has 0 saturated heterocycles. The van der Waals surface area contributed by atoms with Gasteiger partial charge in [-0.2, -0.15) is 5.26 Å². The van der Waals surface area contributed by atoms with Crippen molar-refractivity contribution >= 4 is 31.5 Å². The largest absolute Gasteiger partial charge is 0.325 e. The Labute approximate surface area is 116 Å². The van der Waals surface area contributed by atoms with Gasteiger partial charge < -0.3 is 5.32 Å². The molecule has 0 unspecified atom stereocenters. The Kier molecular flexibility index (Phi) is 4.83. The fourth-order valence-electron chi connectivity index (χ4n) is 1.27. The minimum Gasteiger partial charge on any atom is -0.325 e. The third kappa shape index (κ3) is 4.96. The van der Waals surface area contributed by atoms with Crippen LogP contribution in [0.4, 0.5) is 5.69 Å². The second-order valence-corrected chi connectivity index (χ2v) is 7.43. The van der Waals surface area contributed by atoms with Crippen molar-refractivity contribution in [3.8, 4) is 6.07 Å². The smallest absolute Gasteiger partial charge is 0.239 e. The summed E-state index contributed by atoms with van der Waals surface area (Å²) in [5.41, 5.74) is 0.217. The number of rotatable bonds is 5. The lowest BCUT2D eigenvalue weighted by Gasteiger charge is -2.05. The highest BCUT2D eigenvalue weighted by atomic mass is 32.2. The van der Waals surface area contributed by atoms with Crippen LogP contribution in [-0.2, 0) is 24.7 Å². The van der Waals surface area contributed by atoms with E-state index in [1.165, 1.54) is 30.3 Å². The maximum absolute atomic E-state index is 11.4. The molecule has 3 N–H and O–H groups in total. The van der Waals surface area contributed by atoms with E-state index < -0.39 is 37.3 Å². The topological polar surface area (TPSA) is 147 Å². The van der Waals surface area contributed by atoms with Gasteiger partial charge in [0.2, 0.25) is 15.9 Å². The Morgan fingerprint density at radius 3 is 2.20 bits per heavy atom. The van der Waals surface area contributed by atoms with Crippen LogP contribution in [0.1, 0.15) is 0 Å². The van der Waals surface area contributed by atoms with Crippen molar-refractivity contribution in [1.29, 1.82) is 5.26 Å². The van der Waals surface area contributed by atoms with Crippen LogP contribution in [0.2, 0.25) is 0 Å². The number of nitrogens with zero attached hydrogens (tertiary/aromatic N) is 1. The standard InChI is InChI=1S/C10H11N3O5S2/c11-5-6-19(15,16)7-10(14)13-8-1-3-9(4-2-8)20(12,17)18/h1-4H,6-7H2,(H,13,14)(H2,12,17,18). The van der Waals surface area contributed by atoms with Gasteiger partial charge in [-0.25, -0.2) is 22.0 Å². The molecule has 1 amide bonds. The van der Waals surface area contributed by atoms with Crippen LogP contribution in [0.5, 0.6) is 0 Å². The average molecular weight is 317 g/mol. The first-order valence-corrected chi connectivity index (χ1v) is 8.51. The lowest BCUT2D eigenvalue weighted by atomic mass is 10.3. The molecule has 0 aliphatic heterocycles. The van der Waals surface area contributed by atoms with Gasteiger partial charge in [0.15, 0.2) is 9.84 Å². The predicted octanol–water partition coefficient (Wildman–Crippen LogP) is -0.789. The van der Waals surface area contributed by atoms with Crippen LogP contribution in [0.3, 0.4) is 0 Å². The number of primary sulfonamides is 1. The maximum Gasteiger partial charge on any atom is 0.239 e. The van der Waals surface area contributed by atoms with E-state index in [0.29, 0.717) is 0 Å². The monoisotopic (exact) mass is 317 g/mol. The van der Waals surface area contributed by atoms with Crippen molar-refractivity contribution in [2.75, 3.05) is 16.8 Å². The fourth-order valence-corrected chi connectivity index (χ4v) is 2.56. The van der Waals surface area contributed by atoms with E-state index in [1.807, 2.05) is 0 Å². The van der Waals surface area contributed by atoms with Crippen molar-refractivity contribution in [1.82, 2.24) is 0 Å². The molecule has 0 radical (unpaired) electrons. The fraction of sp³-hybridized carbons (Fsp3) is 0.200. The zero-order chi connectivity index (χ0) is 15.4. The Hall–Kier alpha value is -1.96. The Morgan fingerprint density at radius 2 is 1.75 bits per heavy atom.